The van der Waals surface area contributed by atoms with Gasteiger partial charge in [0.15, 0.2) is 0 Å². The van der Waals surface area contributed by atoms with Gasteiger partial charge in [0.1, 0.15) is 23.0 Å². The molecule has 7 heteroatoms. The van der Waals surface area contributed by atoms with Gasteiger partial charge in [-0.2, -0.15) is 0 Å². The van der Waals surface area contributed by atoms with E-state index in [2.05, 4.69) is 13.5 Å². The van der Waals surface area contributed by atoms with E-state index in [1.807, 2.05) is 0 Å². The van der Waals surface area contributed by atoms with Crippen LogP contribution in [0.25, 0.3) is 0 Å². The third-order valence-corrected chi connectivity index (χ3v) is 4.58. The highest BCUT2D eigenvalue weighted by molar-refractivity contribution is 5.92. The van der Waals surface area contributed by atoms with Crippen molar-refractivity contribution in [3.05, 3.63) is 96.6 Å². The van der Waals surface area contributed by atoms with Gasteiger partial charge in [-0.15, -0.1) is 0 Å². The fraction of sp³-hybridized carbons (Fsp3) is 0.148. The van der Waals surface area contributed by atoms with Crippen molar-refractivity contribution >= 4 is 17.9 Å². The molecule has 0 saturated carbocycles. The standard InChI is InChI=1S/C27H24O7/c1-3-5-18-31-21-10-6-19(7-11-21)26(29)33-23-14-16-24(17-15-23)34-27(30)20-8-12-22(13-9-20)32-25(28)4-2/h4,6-17H,2-3,5,18H2,1H3. The Labute approximate surface area is 197 Å². The van der Waals surface area contributed by atoms with E-state index in [1.165, 1.54) is 48.5 Å². The van der Waals surface area contributed by atoms with Gasteiger partial charge in [0.2, 0.25) is 0 Å². The number of rotatable bonds is 10. The van der Waals surface area contributed by atoms with Crippen LogP contribution < -0.4 is 18.9 Å². The molecule has 7 nitrogen and oxygen atoms in total. The normalized spacial score (nSPS) is 10.1. The molecular formula is C27H24O7. The maximum absolute atomic E-state index is 12.4. The summed E-state index contributed by atoms with van der Waals surface area (Å²) in [7, 11) is 0. The summed E-state index contributed by atoms with van der Waals surface area (Å²) < 4.78 is 21.2. The number of ether oxygens (including phenoxy) is 4. The zero-order valence-electron chi connectivity index (χ0n) is 18.7. The number of hydrogen-bond acceptors (Lipinski definition) is 7. The van der Waals surface area contributed by atoms with Crippen molar-refractivity contribution in [1.82, 2.24) is 0 Å². The van der Waals surface area contributed by atoms with Crippen molar-refractivity contribution < 1.29 is 33.3 Å². The fourth-order valence-electron chi connectivity index (χ4n) is 2.75. The number of carbonyl (C=O) groups is 3. The number of unbranched alkanes of at least 4 members (excludes halogenated alkanes) is 1. The monoisotopic (exact) mass is 460 g/mol. The maximum atomic E-state index is 12.4. The van der Waals surface area contributed by atoms with Crippen LogP contribution in [0, 0.1) is 0 Å². The molecule has 0 heterocycles. The van der Waals surface area contributed by atoms with E-state index in [1.54, 1.807) is 24.3 Å². The molecule has 0 atom stereocenters. The summed E-state index contributed by atoms with van der Waals surface area (Å²) in [6.45, 7) is 6.04. The van der Waals surface area contributed by atoms with Gasteiger partial charge >= 0.3 is 17.9 Å². The van der Waals surface area contributed by atoms with E-state index < -0.39 is 17.9 Å². The maximum Gasteiger partial charge on any atom is 0.343 e. The molecule has 3 aromatic rings. The Hall–Kier alpha value is -4.39. The van der Waals surface area contributed by atoms with Crippen molar-refractivity contribution in [1.29, 1.82) is 0 Å². The molecule has 0 aromatic heterocycles. The van der Waals surface area contributed by atoms with Gasteiger partial charge in [0.25, 0.3) is 0 Å². The molecular weight excluding hydrogens is 436 g/mol. The Bertz CT molecular complexity index is 1130. The van der Waals surface area contributed by atoms with Gasteiger partial charge in [0, 0.05) is 6.08 Å². The Morgan fingerprint density at radius 1 is 0.676 bits per heavy atom. The van der Waals surface area contributed by atoms with Crippen LogP contribution >= 0.6 is 0 Å². The Morgan fingerprint density at radius 3 is 1.53 bits per heavy atom. The van der Waals surface area contributed by atoms with Crippen LogP contribution in [0.4, 0.5) is 0 Å². The lowest BCUT2D eigenvalue weighted by Gasteiger charge is -2.08. The summed E-state index contributed by atoms with van der Waals surface area (Å²) in [6.07, 6.45) is 3.06. The zero-order valence-corrected chi connectivity index (χ0v) is 18.7. The molecule has 0 bridgehead atoms. The van der Waals surface area contributed by atoms with E-state index in [4.69, 9.17) is 18.9 Å². The highest BCUT2D eigenvalue weighted by atomic mass is 16.5. The topological polar surface area (TPSA) is 88.1 Å². The van der Waals surface area contributed by atoms with E-state index in [0.717, 1.165) is 18.9 Å². The molecule has 0 radical (unpaired) electrons. The molecule has 0 spiro atoms. The Morgan fingerprint density at radius 2 is 1.09 bits per heavy atom. The van der Waals surface area contributed by atoms with Crippen molar-refractivity contribution in [3.8, 4) is 23.0 Å². The fourth-order valence-corrected chi connectivity index (χ4v) is 2.75. The molecule has 0 unspecified atom stereocenters. The lowest BCUT2D eigenvalue weighted by molar-refractivity contribution is -0.128. The summed E-state index contributed by atoms with van der Waals surface area (Å²) in [5.74, 6) is -0.129. The van der Waals surface area contributed by atoms with Gasteiger partial charge < -0.3 is 18.9 Å². The molecule has 3 aromatic carbocycles. The zero-order chi connectivity index (χ0) is 24.3. The second-order valence-electron chi connectivity index (χ2n) is 7.13. The van der Waals surface area contributed by atoms with Crippen molar-refractivity contribution in [2.24, 2.45) is 0 Å². The average molecular weight is 460 g/mol. The van der Waals surface area contributed by atoms with Crippen LogP contribution in [0.15, 0.2) is 85.5 Å². The van der Waals surface area contributed by atoms with Crippen molar-refractivity contribution in [2.75, 3.05) is 6.61 Å². The SMILES string of the molecule is C=CC(=O)Oc1ccc(C(=O)Oc2ccc(OC(=O)c3ccc(OCCCC)cc3)cc2)cc1. The van der Waals surface area contributed by atoms with Crippen molar-refractivity contribution in [2.45, 2.75) is 19.8 Å². The smallest absolute Gasteiger partial charge is 0.343 e. The lowest BCUT2D eigenvalue weighted by Crippen LogP contribution is -2.10. The van der Waals surface area contributed by atoms with Gasteiger partial charge in [-0.25, -0.2) is 14.4 Å². The number of carbonyl (C=O) groups excluding carboxylic acids is 3. The van der Waals surface area contributed by atoms with Crippen LogP contribution in [0.5, 0.6) is 23.0 Å². The molecule has 0 aliphatic carbocycles. The minimum absolute atomic E-state index is 0.274. The van der Waals surface area contributed by atoms with Crippen LogP contribution in [0.1, 0.15) is 40.5 Å². The van der Waals surface area contributed by atoms with Crippen LogP contribution in [0.3, 0.4) is 0 Å². The average Bonchev–Trinajstić information content (AvgIpc) is 2.86. The van der Waals surface area contributed by atoms with Gasteiger partial charge in [-0.05, 0) is 79.2 Å². The van der Waals surface area contributed by atoms with Gasteiger partial charge in [-0.3, -0.25) is 0 Å². The molecule has 3 rings (SSSR count). The van der Waals surface area contributed by atoms with E-state index in [-0.39, 0.29) is 17.1 Å². The number of hydrogen-bond donors (Lipinski definition) is 0. The molecule has 34 heavy (non-hydrogen) atoms. The quantitative estimate of drug-likeness (QED) is 0.173. The third kappa shape index (κ3) is 7.06. The number of esters is 3. The molecule has 0 aliphatic rings. The summed E-state index contributed by atoms with van der Waals surface area (Å²) in [5.41, 5.74) is 0.664. The first-order chi connectivity index (χ1) is 16.5. The lowest BCUT2D eigenvalue weighted by atomic mass is 10.2. The summed E-state index contributed by atoms with van der Waals surface area (Å²) >= 11 is 0. The summed E-state index contributed by atoms with van der Waals surface area (Å²) in [5, 5.41) is 0. The first kappa shape index (κ1) is 24.3. The minimum atomic E-state index is -0.593. The largest absolute Gasteiger partial charge is 0.494 e. The molecule has 0 aliphatic heterocycles. The van der Waals surface area contributed by atoms with Crippen LogP contribution in [0.2, 0.25) is 0 Å². The van der Waals surface area contributed by atoms with E-state index in [9.17, 15) is 14.4 Å². The molecule has 0 amide bonds. The van der Waals surface area contributed by atoms with Crippen LogP contribution in [-0.4, -0.2) is 24.5 Å². The summed E-state index contributed by atoms with van der Waals surface area (Å²) in [4.78, 5) is 35.9. The van der Waals surface area contributed by atoms with E-state index >= 15 is 0 Å². The first-order valence-electron chi connectivity index (χ1n) is 10.7. The molecule has 174 valence electrons. The Balaban J connectivity index is 1.53. The van der Waals surface area contributed by atoms with E-state index in [0.29, 0.717) is 23.7 Å². The minimum Gasteiger partial charge on any atom is -0.494 e. The first-order valence-corrected chi connectivity index (χ1v) is 10.7. The predicted molar refractivity (Wildman–Crippen MR) is 125 cm³/mol. The molecule has 0 N–H and O–H groups in total. The van der Waals surface area contributed by atoms with Crippen LogP contribution in [-0.2, 0) is 4.79 Å². The highest BCUT2D eigenvalue weighted by Gasteiger charge is 2.12. The number of benzene rings is 3. The Kier molecular flexibility index (Phi) is 8.57. The predicted octanol–water partition coefficient (Wildman–Crippen LogP) is 5.40. The second-order valence-corrected chi connectivity index (χ2v) is 7.13. The molecule has 0 fully saturated rings. The summed E-state index contributed by atoms with van der Waals surface area (Å²) in [6, 6.07) is 18.7. The third-order valence-electron chi connectivity index (χ3n) is 4.58. The second kappa shape index (κ2) is 12.0. The van der Waals surface area contributed by atoms with Gasteiger partial charge in [0.05, 0.1) is 17.7 Å². The van der Waals surface area contributed by atoms with Gasteiger partial charge in [-0.1, -0.05) is 19.9 Å². The van der Waals surface area contributed by atoms with Crippen molar-refractivity contribution in [3.63, 3.8) is 0 Å². The highest BCUT2D eigenvalue weighted by Crippen LogP contribution is 2.21. The molecule has 0 saturated heterocycles.